The molecule has 0 aliphatic carbocycles. The lowest BCUT2D eigenvalue weighted by Crippen LogP contribution is -2.16. The zero-order chi connectivity index (χ0) is 20.9. The first-order chi connectivity index (χ1) is 13.1. The lowest BCUT2D eigenvalue weighted by Gasteiger charge is -2.05. The molecule has 3 rings (SSSR count). The second kappa shape index (κ2) is 8.79. The number of pyridine rings is 1. The van der Waals surface area contributed by atoms with Crippen LogP contribution in [0.15, 0.2) is 46.8 Å². The van der Waals surface area contributed by atoms with Gasteiger partial charge in [0.05, 0.1) is 16.2 Å². The molecule has 0 radical (unpaired) electrons. The smallest absolute Gasteiger partial charge is 0.419 e. The summed E-state index contributed by atoms with van der Waals surface area (Å²) < 4.78 is 42.8. The zero-order valence-corrected chi connectivity index (χ0v) is 15.0. The van der Waals surface area contributed by atoms with Crippen LogP contribution in [-0.4, -0.2) is 18.5 Å². The van der Waals surface area contributed by atoms with Gasteiger partial charge in [0.25, 0.3) is 0 Å². The topological polar surface area (TPSA) is 105 Å². The van der Waals surface area contributed by atoms with Gasteiger partial charge in [0.1, 0.15) is 17.8 Å². The molecule has 1 aromatic carbocycles. The van der Waals surface area contributed by atoms with Crippen LogP contribution in [0.25, 0.3) is 0 Å². The predicted octanol–water partition coefficient (Wildman–Crippen LogP) is 2.92. The molecule has 2 aromatic rings. The second-order valence-corrected chi connectivity index (χ2v) is 5.89. The Labute approximate surface area is 161 Å². The number of carboxylic acid groups (broad SMARTS) is 1. The fourth-order valence-corrected chi connectivity index (χ4v) is 2.45. The average molecular weight is 416 g/mol. The van der Waals surface area contributed by atoms with E-state index in [1.807, 2.05) is 0 Å². The number of fused-ring (bicyclic) bond motifs is 1. The Morgan fingerprint density at radius 3 is 2.61 bits per heavy atom. The maximum absolute atomic E-state index is 12.6. The molecule has 1 N–H and O–H groups in total. The van der Waals surface area contributed by atoms with Crippen molar-refractivity contribution in [3.8, 4) is 0 Å². The minimum Gasteiger partial charge on any atom is -0.550 e. The summed E-state index contributed by atoms with van der Waals surface area (Å²) in [5, 5.41) is 16.3. The van der Waals surface area contributed by atoms with Crippen molar-refractivity contribution in [1.29, 1.82) is 0 Å². The van der Waals surface area contributed by atoms with Crippen LogP contribution < -0.4 is 10.1 Å². The maximum Gasteiger partial charge on any atom is 0.419 e. The third kappa shape index (κ3) is 5.49. The monoisotopic (exact) mass is 415 g/mol. The first-order valence-corrected chi connectivity index (χ1v) is 8.10. The summed E-state index contributed by atoms with van der Waals surface area (Å²) in [5.41, 5.74) is 0.255. The lowest BCUT2D eigenvalue weighted by atomic mass is 10.1. The summed E-state index contributed by atoms with van der Waals surface area (Å²) in [4.78, 5) is 22.9. The molecule has 0 spiro atoms. The van der Waals surface area contributed by atoms with Crippen LogP contribution in [-0.2, 0) is 15.7 Å². The van der Waals surface area contributed by atoms with E-state index in [0.717, 1.165) is 19.2 Å². The summed E-state index contributed by atoms with van der Waals surface area (Å²) in [6, 6.07) is 7.65. The summed E-state index contributed by atoms with van der Waals surface area (Å²) in [5.74, 6) is -1.53. The Balaban J connectivity index is 0.000000640. The van der Waals surface area contributed by atoms with Crippen molar-refractivity contribution < 1.29 is 37.6 Å². The van der Waals surface area contributed by atoms with Gasteiger partial charge in [-0.1, -0.05) is 34.9 Å². The SMILES string of the molecule is CC(=O)[O-].O=C1OC(CN=Nc2[nH+]cc(C(F)(F)F)cc2Cl)c2ccccc21. The number of halogens is 4. The van der Waals surface area contributed by atoms with Crippen molar-refractivity contribution in [2.45, 2.75) is 19.2 Å². The number of ether oxygens (including phenoxy) is 1. The third-order valence-electron chi connectivity index (χ3n) is 3.40. The van der Waals surface area contributed by atoms with Gasteiger partial charge in [-0.2, -0.15) is 13.2 Å². The first kappa shape index (κ1) is 21.3. The van der Waals surface area contributed by atoms with Crippen LogP contribution in [0.1, 0.15) is 34.5 Å². The van der Waals surface area contributed by atoms with Crippen LogP contribution in [0, 0.1) is 0 Å². The van der Waals surface area contributed by atoms with Gasteiger partial charge in [0.15, 0.2) is 6.10 Å². The molecule has 0 bridgehead atoms. The van der Waals surface area contributed by atoms with Gasteiger partial charge in [0.2, 0.25) is 0 Å². The molecular weight excluding hydrogens is 403 g/mol. The molecule has 0 fully saturated rings. The molecule has 1 atom stereocenters. The minimum atomic E-state index is -4.50. The van der Waals surface area contributed by atoms with Crippen LogP contribution in [0.4, 0.5) is 19.0 Å². The average Bonchev–Trinajstić information content (AvgIpc) is 2.91. The molecule has 11 heteroatoms. The highest BCUT2D eigenvalue weighted by molar-refractivity contribution is 6.32. The molecule has 148 valence electrons. The molecular formula is C17H13ClF3N3O4. The van der Waals surface area contributed by atoms with Crippen molar-refractivity contribution in [1.82, 2.24) is 0 Å². The molecule has 7 nitrogen and oxygen atoms in total. The Morgan fingerprint density at radius 2 is 2.00 bits per heavy atom. The molecule has 1 aliphatic rings. The second-order valence-electron chi connectivity index (χ2n) is 5.48. The molecule has 1 aliphatic heterocycles. The number of azo groups is 1. The van der Waals surface area contributed by atoms with E-state index < -0.39 is 29.8 Å². The predicted molar refractivity (Wildman–Crippen MR) is 87.7 cm³/mol. The number of rotatable bonds is 3. The van der Waals surface area contributed by atoms with E-state index in [1.165, 1.54) is 0 Å². The van der Waals surface area contributed by atoms with Crippen LogP contribution >= 0.6 is 11.6 Å². The van der Waals surface area contributed by atoms with Crippen molar-refractivity contribution in [3.05, 3.63) is 58.2 Å². The summed E-state index contributed by atoms with van der Waals surface area (Å²) >= 11 is 5.76. The van der Waals surface area contributed by atoms with Crippen LogP contribution in [0.5, 0.6) is 0 Å². The van der Waals surface area contributed by atoms with Gasteiger partial charge in [-0.3, -0.25) is 0 Å². The van der Waals surface area contributed by atoms with E-state index in [1.54, 1.807) is 24.3 Å². The number of aromatic nitrogens is 1. The van der Waals surface area contributed by atoms with Gasteiger partial charge in [0, 0.05) is 11.5 Å². The highest BCUT2D eigenvalue weighted by Gasteiger charge is 2.33. The maximum atomic E-state index is 12.6. The van der Waals surface area contributed by atoms with Gasteiger partial charge in [-0.05, 0) is 19.1 Å². The molecule has 1 unspecified atom stereocenters. The lowest BCUT2D eigenvalue weighted by molar-refractivity contribution is -0.366. The fourth-order valence-electron chi connectivity index (χ4n) is 2.24. The molecule has 0 amide bonds. The number of hydrogen-bond acceptors (Lipinski definition) is 6. The summed E-state index contributed by atoms with van der Waals surface area (Å²) in [6.07, 6.45) is -4.33. The standard InChI is InChI=1S/C15H9ClF3N3O2.C2H4O2/c16-11-5-8(15(17,18)19)6-20-13(11)22-21-7-12-9-3-1-2-4-10(9)14(23)24-12;1-2(3)4/h1-6,12H,7H2;1H3,(H,3,4). The number of hydrogen-bond donors (Lipinski definition) is 0. The number of esters is 1. The Kier molecular flexibility index (Phi) is 6.68. The number of nitrogens with one attached hydrogen (secondary N) is 1. The number of benzene rings is 1. The number of H-pyrrole nitrogens is 1. The molecule has 1 aromatic heterocycles. The van der Waals surface area contributed by atoms with Crippen LogP contribution in [0.3, 0.4) is 0 Å². The molecule has 28 heavy (non-hydrogen) atoms. The van der Waals surface area contributed by atoms with Crippen molar-refractivity contribution in [3.63, 3.8) is 0 Å². The van der Waals surface area contributed by atoms with Crippen molar-refractivity contribution in [2.75, 3.05) is 6.54 Å². The number of carboxylic acids is 1. The van der Waals surface area contributed by atoms with E-state index in [4.69, 9.17) is 26.2 Å². The van der Waals surface area contributed by atoms with E-state index in [9.17, 15) is 18.0 Å². The Bertz CT molecular complexity index is 915. The minimum absolute atomic E-state index is 0.0118. The van der Waals surface area contributed by atoms with Crippen LogP contribution in [0.2, 0.25) is 5.02 Å². The van der Waals surface area contributed by atoms with Crippen molar-refractivity contribution >= 4 is 29.4 Å². The fraction of sp³-hybridized carbons (Fsp3) is 0.235. The largest absolute Gasteiger partial charge is 0.550 e. The normalized spacial score (nSPS) is 15.6. The van der Waals surface area contributed by atoms with E-state index in [2.05, 4.69) is 15.2 Å². The highest BCUT2D eigenvalue weighted by atomic mass is 35.5. The molecule has 0 saturated carbocycles. The van der Waals surface area contributed by atoms with Gasteiger partial charge in [-0.25, -0.2) is 9.78 Å². The van der Waals surface area contributed by atoms with E-state index in [0.29, 0.717) is 11.1 Å². The number of cyclic esters (lactones) is 1. The quantitative estimate of drug-likeness (QED) is 0.567. The molecule has 2 heterocycles. The van der Waals surface area contributed by atoms with E-state index in [-0.39, 0.29) is 17.4 Å². The van der Waals surface area contributed by atoms with Gasteiger partial charge in [-0.15, -0.1) is 0 Å². The summed E-state index contributed by atoms with van der Waals surface area (Å²) in [7, 11) is 0. The van der Waals surface area contributed by atoms with E-state index >= 15 is 0 Å². The van der Waals surface area contributed by atoms with Crippen molar-refractivity contribution in [2.24, 2.45) is 10.2 Å². The first-order valence-electron chi connectivity index (χ1n) is 7.73. The van der Waals surface area contributed by atoms with Gasteiger partial charge >= 0.3 is 18.0 Å². The Hall–Kier alpha value is -3.01. The zero-order valence-electron chi connectivity index (χ0n) is 14.3. The molecule has 0 saturated heterocycles. The Morgan fingerprint density at radius 1 is 1.36 bits per heavy atom. The summed E-state index contributed by atoms with van der Waals surface area (Å²) in [6.45, 7) is 1.01. The number of carbonyl (C=O) groups excluding carboxylic acids is 2. The number of alkyl halides is 3. The number of aliphatic carboxylic acids is 1. The number of carbonyl (C=O) groups is 2. The highest BCUT2D eigenvalue weighted by Crippen LogP contribution is 2.33. The third-order valence-corrected chi connectivity index (χ3v) is 3.68. The van der Waals surface area contributed by atoms with Gasteiger partial charge < -0.3 is 14.6 Å². The number of nitrogens with zero attached hydrogens (tertiary/aromatic N) is 2. The number of aromatic amines is 1.